The van der Waals surface area contributed by atoms with E-state index in [-0.39, 0.29) is 11.8 Å². The summed E-state index contributed by atoms with van der Waals surface area (Å²) in [5, 5.41) is 8.60. The fourth-order valence-corrected chi connectivity index (χ4v) is 3.40. The minimum absolute atomic E-state index is 0.0739. The predicted molar refractivity (Wildman–Crippen MR) is 107 cm³/mol. The third-order valence-electron chi connectivity index (χ3n) is 4.77. The molecular formula is C22H22N4O. The van der Waals surface area contributed by atoms with Crippen LogP contribution in [-0.4, -0.2) is 27.1 Å². The van der Waals surface area contributed by atoms with Crippen molar-refractivity contribution in [1.82, 2.24) is 20.1 Å². The summed E-state index contributed by atoms with van der Waals surface area (Å²) in [5.74, 6) is 0.0739. The maximum absolute atomic E-state index is 13.4. The van der Waals surface area contributed by atoms with Crippen LogP contribution in [-0.2, 0) is 13.5 Å². The van der Waals surface area contributed by atoms with Gasteiger partial charge in [-0.1, -0.05) is 48.5 Å². The second-order valence-corrected chi connectivity index (χ2v) is 6.68. The van der Waals surface area contributed by atoms with E-state index in [2.05, 4.69) is 15.4 Å². The maximum atomic E-state index is 13.4. The summed E-state index contributed by atoms with van der Waals surface area (Å²) >= 11 is 0. The Morgan fingerprint density at radius 1 is 1.15 bits per heavy atom. The van der Waals surface area contributed by atoms with Gasteiger partial charge in [0.25, 0.3) is 0 Å². The van der Waals surface area contributed by atoms with Crippen molar-refractivity contribution in [2.24, 2.45) is 7.05 Å². The van der Waals surface area contributed by atoms with E-state index in [4.69, 9.17) is 0 Å². The highest BCUT2D eigenvalue weighted by molar-refractivity contribution is 6.10. The fourth-order valence-electron chi connectivity index (χ4n) is 3.40. The molecule has 2 aromatic heterocycles. The van der Waals surface area contributed by atoms with Gasteiger partial charge >= 0.3 is 0 Å². The lowest BCUT2D eigenvalue weighted by molar-refractivity contribution is 0.0945. The van der Waals surface area contributed by atoms with Crippen molar-refractivity contribution in [3.8, 4) is 0 Å². The van der Waals surface area contributed by atoms with E-state index in [0.29, 0.717) is 12.1 Å². The van der Waals surface area contributed by atoms with Crippen LogP contribution in [0.1, 0.15) is 27.5 Å². The quantitative estimate of drug-likeness (QED) is 0.496. The first-order valence-corrected chi connectivity index (χ1v) is 9.08. The highest BCUT2D eigenvalue weighted by Gasteiger charge is 2.23. The monoisotopic (exact) mass is 358 g/mol. The first kappa shape index (κ1) is 17.2. The molecule has 2 aromatic carbocycles. The molecule has 4 rings (SSSR count). The number of hydrogen-bond donors (Lipinski definition) is 2. The van der Waals surface area contributed by atoms with Crippen LogP contribution in [0, 0.1) is 0 Å². The highest BCUT2D eigenvalue weighted by Crippen LogP contribution is 2.24. The number of Topliss-reactive ketones (excluding diaryl/α,β-unsaturated/α-hetero) is 1. The zero-order chi connectivity index (χ0) is 18.6. The summed E-state index contributed by atoms with van der Waals surface area (Å²) in [6.07, 6.45) is 6.49. The first-order valence-electron chi connectivity index (χ1n) is 9.08. The number of H-pyrrole nitrogens is 1. The number of rotatable bonds is 7. The van der Waals surface area contributed by atoms with E-state index in [0.717, 1.165) is 28.5 Å². The molecule has 0 radical (unpaired) electrons. The number of ketones is 1. The van der Waals surface area contributed by atoms with Crippen molar-refractivity contribution < 1.29 is 4.79 Å². The molecule has 2 heterocycles. The number of para-hydroxylation sites is 1. The number of benzene rings is 2. The van der Waals surface area contributed by atoms with Gasteiger partial charge in [-0.3, -0.25) is 9.48 Å². The van der Waals surface area contributed by atoms with E-state index >= 15 is 0 Å². The van der Waals surface area contributed by atoms with Gasteiger partial charge in [-0.2, -0.15) is 5.10 Å². The topological polar surface area (TPSA) is 62.7 Å². The second kappa shape index (κ2) is 7.60. The first-order chi connectivity index (χ1) is 13.2. The summed E-state index contributed by atoms with van der Waals surface area (Å²) in [6.45, 7) is 0.694. The summed E-state index contributed by atoms with van der Waals surface area (Å²) in [4.78, 5) is 16.6. The number of aromatic nitrogens is 3. The lowest BCUT2D eigenvalue weighted by atomic mass is 9.97. The molecule has 0 bridgehead atoms. The smallest absolute Gasteiger partial charge is 0.186 e. The van der Waals surface area contributed by atoms with Crippen LogP contribution in [0.4, 0.5) is 0 Å². The third-order valence-corrected chi connectivity index (χ3v) is 4.77. The van der Waals surface area contributed by atoms with Gasteiger partial charge in [0, 0.05) is 42.5 Å². The normalized spacial score (nSPS) is 12.3. The molecule has 4 aromatic rings. The van der Waals surface area contributed by atoms with Crippen molar-refractivity contribution in [1.29, 1.82) is 0 Å². The van der Waals surface area contributed by atoms with Crippen molar-refractivity contribution >= 4 is 16.7 Å². The third kappa shape index (κ3) is 3.68. The standard InChI is InChI=1S/C22H22N4O/c1-26-15-16(13-25-26)11-12-23-21(17-7-3-2-4-8-17)22(27)19-14-24-20-10-6-5-9-18(19)20/h2-10,13-15,21,23-24H,11-12H2,1H3. The fraction of sp³-hybridized carbons (Fsp3) is 0.182. The molecule has 0 spiro atoms. The van der Waals surface area contributed by atoms with E-state index < -0.39 is 0 Å². The van der Waals surface area contributed by atoms with E-state index in [1.807, 2.05) is 80.2 Å². The van der Waals surface area contributed by atoms with E-state index in [9.17, 15) is 4.79 Å². The van der Waals surface area contributed by atoms with Crippen LogP contribution in [0.5, 0.6) is 0 Å². The van der Waals surface area contributed by atoms with Crippen LogP contribution >= 0.6 is 0 Å². The van der Waals surface area contributed by atoms with Crippen molar-refractivity contribution in [3.63, 3.8) is 0 Å². The Bertz CT molecular complexity index is 1050. The lowest BCUT2D eigenvalue weighted by Gasteiger charge is -2.18. The Hall–Kier alpha value is -3.18. The average Bonchev–Trinajstić information content (AvgIpc) is 3.31. The molecule has 0 aliphatic heterocycles. The molecule has 0 amide bonds. The number of nitrogens with one attached hydrogen (secondary N) is 2. The Morgan fingerprint density at radius 3 is 2.70 bits per heavy atom. The molecule has 1 atom stereocenters. The molecule has 5 heteroatoms. The van der Waals surface area contributed by atoms with Gasteiger partial charge in [-0.05, 0) is 23.6 Å². The Labute approximate surface area is 158 Å². The minimum Gasteiger partial charge on any atom is -0.360 e. The number of carbonyl (C=O) groups is 1. The van der Waals surface area contributed by atoms with Crippen LogP contribution in [0.2, 0.25) is 0 Å². The average molecular weight is 358 g/mol. The summed E-state index contributed by atoms with van der Waals surface area (Å²) in [7, 11) is 1.91. The molecule has 136 valence electrons. The summed E-state index contributed by atoms with van der Waals surface area (Å²) < 4.78 is 1.79. The van der Waals surface area contributed by atoms with Crippen molar-refractivity contribution in [2.45, 2.75) is 12.5 Å². The van der Waals surface area contributed by atoms with E-state index in [1.54, 1.807) is 4.68 Å². The summed E-state index contributed by atoms with van der Waals surface area (Å²) in [6, 6.07) is 17.4. The predicted octanol–water partition coefficient (Wildman–Crippen LogP) is 3.66. The Kier molecular flexibility index (Phi) is 4.85. The molecule has 1 unspecified atom stereocenters. The summed E-state index contributed by atoms with van der Waals surface area (Å²) in [5.41, 5.74) is 3.81. The number of aromatic amines is 1. The lowest BCUT2D eigenvalue weighted by Crippen LogP contribution is -2.30. The molecule has 0 aliphatic rings. The second-order valence-electron chi connectivity index (χ2n) is 6.68. The van der Waals surface area contributed by atoms with Gasteiger partial charge in [0.15, 0.2) is 5.78 Å². The number of nitrogens with zero attached hydrogens (tertiary/aromatic N) is 2. The van der Waals surface area contributed by atoms with Crippen LogP contribution in [0.15, 0.2) is 73.2 Å². The SMILES string of the molecule is Cn1cc(CCNC(C(=O)c2c[nH]c3ccccc23)c2ccccc2)cn1. The zero-order valence-electron chi connectivity index (χ0n) is 15.2. The van der Waals surface area contributed by atoms with Gasteiger partial charge < -0.3 is 10.3 Å². The Morgan fingerprint density at radius 2 is 1.93 bits per heavy atom. The maximum Gasteiger partial charge on any atom is 0.186 e. The van der Waals surface area contributed by atoms with Gasteiger partial charge in [-0.25, -0.2) is 0 Å². The molecule has 2 N–H and O–H groups in total. The number of aryl methyl sites for hydroxylation is 1. The highest BCUT2D eigenvalue weighted by atomic mass is 16.1. The van der Waals surface area contributed by atoms with Gasteiger partial charge in [-0.15, -0.1) is 0 Å². The Balaban J connectivity index is 1.58. The van der Waals surface area contributed by atoms with Crippen LogP contribution < -0.4 is 5.32 Å². The molecule has 0 saturated heterocycles. The van der Waals surface area contributed by atoms with E-state index in [1.165, 1.54) is 0 Å². The van der Waals surface area contributed by atoms with Crippen LogP contribution in [0.25, 0.3) is 10.9 Å². The molecule has 27 heavy (non-hydrogen) atoms. The van der Waals surface area contributed by atoms with Crippen LogP contribution in [0.3, 0.4) is 0 Å². The molecular weight excluding hydrogens is 336 g/mol. The number of fused-ring (bicyclic) bond motifs is 1. The van der Waals surface area contributed by atoms with Gasteiger partial charge in [0.1, 0.15) is 0 Å². The largest absolute Gasteiger partial charge is 0.360 e. The molecule has 0 saturated carbocycles. The number of carbonyl (C=O) groups excluding carboxylic acids is 1. The van der Waals surface area contributed by atoms with Crippen molar-refractivity contribution in [2.75, 3.05) is 6.54 Å². The van der Waals surface area contributed by atoms with Crippen molar-refractivity contribution in [3.05, 3.63) is 89.9 Å². The molecule has 5 nitrogen and oxygen atoms in total. The number of hydrogen-bond acceptors (Lipinski definition) is 3. The zero-order valence-corrected chi connectivity index (χ0v) is 15.2. The van der Waals surface area contributed by atoms with Gasteiger partial charge in [0.2, 0.25) is 0 Å². The van der Waals surface area contributed by atoms with Gasteiger partial charge in [0.05, 0.1) is 12.2 Å². The molecule has 0 fully saturated rings. The molecule has 0 aliphatic carbocycles. The minimum atomic E-state index is -0.387.